The number of anilines is 1. The van der Waals surface area contributed by atoms with Gasteiger partial charge in [0.2, 0.25) is 5.91 Å². The van der Waals surface area contributed by atoms with Gasteiger partial charge in [0.25, 0.3) is 0 Å². The van der Waals surface area contributed by atoms with Gasteiger partial charge in [0.05, 0.1) is 17.8 Å². The van der Waals surface area contributed by atoms with E-state index in [0.29, 0.717) is 6.42 Å². The summed E-state index contributed by atoms with van der Waals surface area (Å²) in [5.41, 5.74) is 1.02. The first kappa shape index (κ1) is 15.3. The molecule has 0 saturated heterocycles. The number of methoxy groups -OCH3 is 1. The van der Waals surface area contributed by atoms with E-state index >= 15 is 0 Å². The van der Waals surface area contributed by atoms with E-state index in [0.717, 1.165) is 11.3 Å². The summed E-state index contributed by atoms with van der Waals surface area (Å²) in [4.78, 5) is 11.9. The van der Waals surface area contributed by atoms with E-state index in [4.69, 9.17) is 16.3 Å². The van der Waals surface area contributed by atoms with Crippen LogP contribution in [-0.2, 0) is 11.2 Å². The van der Waals surface area contributed by atoms with Crippen LogP contribution in [0.25, 0.3) is 0 Å². The number of ether oxygens (including phenoxy) is 1. The average molecular weight is 308 g/mol. The molecule has 1 N–H and O–H groups in total. The number of carbonyl (C=O) groups excluding carboxylic acids is 1. The van der Waals surface area contributed by atoms with Gasteiger partial charge in [0.15, 0.2) is 5.82 Å². The predicted molar refractivity (Wildman–Crippen MR) is 81.4 cm³/mol. The topological polar surface area (TPSA) is 38.3 Å². The average Bonchev–Trinajstić information content (AvgIpc) is 2.50. The van der Waals surface area contributed by atoms with Crippen molar-refractivity contribution in [2.75, 3.05) is 12.4 Å². The molecule has 0 aliphatic carbocycles. The van der Waals surface area contributed by atoms with Crippen molar-refractivity contribution in [3.8, 4) is 5.75 Å². The summed E-state index contributed by atoms with van der Waals surface area (Å²) in [6.07, 6.45) is 0.740. The van der Waals surface area contributed by atoms with E-state index in [-0.39, 0.29) is 23.0 Å². The smallest absolute Gasteiger partial charge is 0.224 e. The number of aryl methyl sites for hydroxylation is 1. The number of benzene rings is 2. The van der Waals surface area contributed by atoms with Crippen molar-refractivity contribution in [1.82, 2.24) is 0 Å². The zero-order valence-electron chi connectivity index (χ0n) is 11.5. The molecule has 0 bridgehead atoms. The number of hydrogen-bond donors (Lipinski definition) is 1. The van der Waals surface area contributed by atoms with E-state index in [1.165, 1.54) is 12.1 Å². The Morgan fingerprint density at radius 2 is 2.00 bits per heavy atom. The van der Waals surface area contributed by atoms with Gasteiger partial charge in [-0.3, -0.25) is 4.79 Å². The maximum absolute atomic E-state index is 13.7. The lowest BCUT2D eigenvalue weighted by Gasteiger charge is -2.09. The Morgan fingerprint density at radius 3 is 2.76 bits per heavy atom. The van der Waals surface area contributed by atoms with Crippen LogP contribution in [0.1, 0.15) is 12.0 Å². The third-order valence-corrected chi connectivity index (χ3v) is 3.33. The normalized spacial score (nSPS) is 10.2. The van der Waals surface area contributed by atoms with Crippen LogP contribution in [0.2, 0.25) is 5.02 Å². The van der Waals surface area contributed by atoms with E-state index in [2.05, 4.69) is 5.32 Å². The van der Waals surface area contributed by atoms with Crippen molar-refractivity contribution in [2.45, 2.75) is 12.8 Å². The van der Waals surface area contributed by atoms with Gasteiger partial charge in [-0.1, -0.05) is 35.9 Å². The highest BCUT2D eigenvalue weighted by molar-refractivity contribution is 6.31. The van der Waals surface area contributed by atoms with Crippen molar-refractivity contribution in [3.05, 3.63) is 58.9 Å². The van der Waals surface area contributed by atoms with E-state index < -0.39 is 5.82 Å². The summed E-state index contributed by atoms with van der Waals surface area (Å²) >= 11 is 5.67. The molecule has 0 aliphatic rings. The first-order valence-corrected chi connectivity index (χ1v) is 6.85. The molecular weight excluding hydrogens is 293 g/mol. The number of carbonyl (C=O) groups is 1. The number of nitrogens with one attached hydrogen (secondary N) is 1. The fourth-order valence-corrected chi connectivity index (χ4v) is 2.15. The largest absolute Gasteiger partial charge is 0.496 e. The van der Waals surface area contributed by atoms with Crippen LogP contribution in [0.5, 0.6) is 5.75 Å². The molecule has 5 heteroatoms. The summed E-state index contributed by atoms with van der Waals surface area (Å²) in [5.74, 6) is -0.161. The fraction of sp³-hybridized carbons (Fsp3) is 0.188. The molecule has 0 atom stereocenters. The summed E-state index contributed by atoms with van der Waals surface area (Å²) < 4.78 is 18.9. The van der Waals surface area contributed by atoms with Gasteiger partial charge < -0.3 is 10.1 Å². The minimum atomic E-state index is -0.621. The van der Waals surface area contributed by atoms with Gasteiger partial charge in [-0.05, 0) is 30.2 Å². The van der Waals surface area contributed by atoms with Crippen LogP contribution >= 0.6 is 11.6 Å². The Labute approximate surface area is 127 Å². The summed E-state index contributed by atoms with van der Waals surface area (Å²) in [6, 6.07) is 12.0. The van der Waals surface area contributed by atoms with Gasteiger partial charge in [0.1, 0.15) is 5.75 Å². The van der Waals surface area contributed by atoms with Crippen LogP contribution in [0.15, 0.2) is 42.5 Å². The van der Waals surface area contributed by atoms with Gasteiger partial charge >= 0.3 is 0 Å². The standard InChI is InChI=1S/C16H15ClFNO2/c1-21-14-8-3-2-5-11(14)9-10-15(20)19-13-7-4-6-12(17)16(13)18/h2-8H,9-10H2,1H3,(H,19,20). The zero-order chi connectivity index (χ0) is 15.2. The predicted octanol–water partition coefficient (Wildman–Crippen LogP) is 4.06. The van der Waals surface area contributed by atoms with Gasteiger partial charge in [-0.15, -0.1) is 0 Å². The third kappa shape index (κ3) is 3.95. The van der Waals surface area contributed by atoms with E-state index in [1.54, 1.807) is 13.2 Å². The van der Waals surface area contributed by atoms with E-state index in [9.17, 15) is 9.18 Å². The molecule has 2 aromatic rings. The summed E-state index contributed by atoms with van der Waals surface area (Å²) in [5, 5.41) is 2.50. The Balaban J connectivity index is 1.98. The molecule has 0 unspecified atom stereocenters. The molecule has 0 spiro atoms. The summed E-state index contributed by atoms with van der Waals surface area (Å²) in [6.45, 7) is 0. The third-order valence-electron chi connectivity index (χ3n) is 3.04. The Bertz CT molecular complexity index is 646. The Hall–Kier alpha value is -2.07. The van der Waals surface area contributed by atoms with Crippen molar-refractivity contribution in [1.29, 1.82) is 0 Å². The molecule has 2 aromatic carbocycles. The van der Waals surface area contributed by atoms with E-state index in [1.807, 2.05) is 24.3 Å². The lowest BCUT2D eigenvalue weighted by Crippen LogP contribution is -2.13. The second kappa shape index (κ2) is 7.09. The SMILES string of the molecule is COc1ccccc1CCC(=O)Nc1cccc(Cl)c1F. The van der Waals surface area contributed by atoms with Crippen molar-refractivity contribution < 1.29 is 13.9 Å². The highest BCUT2D eigenvalue weighted by Crippen LogP contribution is 2.23. The number of para-hydroxylation sites is 1. The molecule has 110 valence electrons. The van der Waals surface area contributed by atoms with Crippen LogP contribution in [0, 0.1) is 5.82 Å². The second-order valence-electron chi connectivity index (χ2n) is 4.46. The monoisotopic (exact) mass is 307 g/mol. The van der Waals surface area contributed by atoms with Crippen molar-refractivity contribution in [3.63, 3.8) is 0 Å². The van der Waals surface area contributed by atoms with Gasteiger partial charge in [-0.25, -0.2) is 4.39 Å². The molecule has 0 radical (unpaired) electrons. The fourth-order valence-electron chi connectivity index (χ4n) is 1.97. The van der Waals surface area contributed by atoms with Crippen molar-refractivity contribution >= 4 is 23.2 Å². The lowest BCUT2D eigenvalue weighted by molar-refractivity contribution is -0.116. The Kier molecular flexibility index (Phi) is 5.17. The molecular formula is C16H15ClFNO2. The molecule has 0 heterocycles. The number of halogens is 2. The maximum atomic E-state index is 13.7. The van der Waals surface area contributed by atoms with Gasteiger partial charge in [0, 0.05) is 6.42 Å². The lowest BCUT2D eigenvalue weighted by atomic mass is 10.1. The molecule has 0 saturated carbocycles. The second-order valence-corrected chi connectivity index (χ2v) is 4.87. The molecule has 3 nitrogen and oxygen atoms in total. The first-order chi connectivity index (χ1) is 10.1. The molecule has 0 aromatic heterocycles. The van der Waals surface area contributed by atoms with Crippen molar-refractivity contribution in [2.24, 2.45) is 0 Å². The maximum Gasteiger partial charge on any atom is 0.224 e. The number of hydrogen-bond acceptors (Lipinski definition) is 2. The number of amides is 1. The first-order valence-electron chi connectivity index (χ1n) is 6.47. The number of rotatable bonds is 5. The van der Waals surface area contributed by atoms with Crippen LogP contribution in [-0.4, -0.2) is 13.0 Å². The molecule has 21 heavy (non-hydrogen) atoms. The minimum Gasteiger partial charge on any atom is -0.496 e. The molecule has 0 fully saturated rings. The van der Waals surface area contributed by atoms with Gasteiger partial charge in [-0.2, -0.15) is 0 Å². The molecule has 1 amide bonds. The molecule has 0 aliphatic heterocycles. The van der Waals surface area contributed by atoms with Crippen LogP contribution in [0.4, 0.5) is 10.1 Å². The highest BCUT2D eigenvalue weighted by atomic mass is 35.5. The highest BCUT2D eigenvalue weighted by Gasteiger charge is 2.10. The quantitative estimate of drug-likeness (QED) is 0.904. The zero-order valence-corrected chi connectivity index (χ0v) is 12.3. The van der Waals surface area contributed by atoms with Crippen LogP contribution < -0.4 is 10.1 Å². The van der Waals surface area contributed by atoms with Crippen LogP contribution in [0.3, 0.4) is 0 Å². The Morgan fingerprint density at radius 1 is 1.24 bits per heavy atom. The minimum absolute atomic E-state index is 0.0162. The molecule has 2 rings (SSSR count). The summed E-state index contributed by atoms with van der Waals surface area (Å²) in [7, 11) is 1.58.